The number of β-amino-alcohol motifs (C(OH)–C–C–N with tert-alkyl or cyclic N) is 1. The van der Waals surface area contributed by atoms with Crippen molar-refractivity contribution in [1.29, 1.82) is 0 Å². The van der Waals surface area contributed by atoms with Crippen molar-refractivity contribution in [3.05, 3.63) is 24.0 Å². The number of nitrogens with zero attached hydrogens (tertiary/aromatic N) is 1. The molecule has 0 aromatic carbocycles. The highest BCUT2D eigenvalue weighted by atomic mass is 16.5. The van der Waals surface area contributed by atoms with Gasteiger partial charge in [0.1, 0.15) is 11.4 Å². The summed E-state index contributed by atoms with van der Waals surface area (Å²) < 4.78 is 5.57. The van der Waals surface area contributed by atoms with Gasteiger partial charge < -0.3 is 15.2 Å². The molecule has 4 nitrogen and oxygen atoms in total. The topological polar surface area (TPSA) is 54.4 Å². The molecule has 1 fully saturated rings. The van der Waals surface area contributed by atoms with Crippen molar-refractivity contribution >= 4 is 0 Å². The van der Waals surface area contributed by atoms with Gasteiger partial charge >= 0.3 is 0 Å². The number of hydrogen-bond donors (Lipinski definition) is 2. The molecule has 2 heterocycles. The maximum Gasteiger partial charge on any atom is 0.138 e. The lowest BCUT2D eigenvalue weighted by Gasteiger charge is -2.22. The van der Waals surface area contributed by atoms with Crippen LogP contribution in [0.15, 0.2) is 18.5 Å². The number of nitrogens with one attached hydrogen (secondary N) is 1. The van der Waals surface area contributed by atoms with Crippen LogP contribution in [0, 0.1) is 0 Å². The van der Waals surface area contributed by atoms with E-state index in [0.29, 0.717) is 12.3 Å². The average Bonchev–Trinajstić information content (AvgIpc) is 2.66. The number of aliphatic hydroxyl groups is 1. The molecule has 2 N–H and O–H groups in total. The molecular weight excluding hydrogens is 204 g/mol. The fourth-order valence-electron chi connectivity index (χ4n) is 1.94. The van der Waals surface area contributed by atoms with E-state index in [1.54, 1.807) is 12.4 Å². The molecule has 0 saturated carbocycles. The molecule has 1 aromatic rings. The molecule has 0 radical (unpaired) electrons. The van der Waals surface area contributed by atoms with Gasteiger partial charge in [0.25, 0.3) is 0 Å². The maximum absolute atomic E-state index is 10.4. The third-order valence-corrected chi connectivity index (χ3v) is 2.76. The zero-order chi connectivity index (χ0) is 11.6. The van der Waals surface area contributed by atoms with E-state index in [9.17, 15) is 5.11 Å². The lowest BCUT2D eigenvalue weighted by molar-refractivity contribution is 0.0579. The van der Waals surface area contributed by atoms with Gasteiger partial charge in [-0.25, -0.2) is 0 Å². The molecule has 88 valence electrons. The number of pyridine rings is 1. The molecule has 4 heteroatoms. The Morgan fingerprint density at radius 1 is 1.50 bits per heavy atom. The van der Waals surface area contributed by atoms with E-state index in [0.717, 1.165) is 18.5 Å². The van der Waals surface area contributed by atoms with Gasteiger partial charge in [-0.2, -0.15) is 0 Å². The Balaban J connectivity index is 2.21. The van der Waals surface area contributed by atoms with Gasteiger partial charge in [0.05, 0.1) is 12.3 Å². The highest BCUT2D eigenvalue weighted by Gasteiger charge is 2.33. The summed E-state index contributed by atoms with van der Waals surface area (Å²) in [6.45, 7) is 5.36. The van der Waals surface area contributed by atoms with Crippen molar-refractivity contribution in [3.8, 4) is 5.75 Å². The van der Waals surface area contributed by atoms with Crippen molar-refractivity contribution in [1.82, 2.24) is 10.3 Å². The zero-order valence-corrected chi connectivity index (χ0v) is 9.73. The van der Waals surface area contributed by atoms with E-state index in [2.05, 4.69) is 10.3 Å². The molecule has 2 rings (SSSR count). The summed E-state index contributed by atoms with van der Waals surface area (Å²) in [5.41, 5.74) is 0.0410. The van der Waals surface area contributed by atoms with Gasteiger partial charge in [-0.15, -0.1) is 0 Å². The number of hydrogen-bond acceptors (Lipinski definition) is 4. The Labute approximate surface area is 95.7 Å². The predicted molar refractivity (Wildman–Crippen MR) is 61.4 cm³/mol. The fourth-order valence-corrected chi connectivity index (χ4v) is 1.94. The van der Waals surface area contributed by atoms with Crippen LogP contribution >= 0.6 is 0 Å². The minimum atomic E-state index is -0.788. The lowest BCUT2D eigenvalue weighted by Crippen LogP contribution is -2.28. The molecule has 1 aromatic heterocycles. The van der Waals surface area contributed by atoms with Gasteiger partial charge in [0, 0.05) is 18.3 Å². The van der Waals surface area contributed by atoms with Crippen LogP contribution in [-0.4, -0.2) is 29.3 Å². The first-order chi connectivity index (χ1) is 7.60. The van der Waals surface area contributed by atoms with Crippen molar-refractivity contribution in [2.75, 3.05) is 13.1 Å². The maximum atomic E-state index is 10.4. The Bertz CT molecular complexity index is 360. The van der Waals surface area contributed by atoms with Crippen molar-refractivity contribution in [2.45, 2.75) is 32.0 Å². The number of rotatable bonds is 3. The largest absolute Gasteiger partial charge is 0.489 e. The van der Waals surface area contributed by atoms with Crippen molar-refractivity contribution in [2.24, 2.45) is 0 Å². The molecule has 1 unspecified atom stereocenters. The molecule has 1 aliphatic rings. The standard InChI is InChI=1S/C12H18N2O2/c1-9(2)16-11-5-10(6-14-7-11)12(15)3-4-13-8-12/h5-7,9,13,15H,3-4,8H2,1-2H3. The summed E-state index contributed by atoms with van der Waals surface area (Å²) in [5, 5.41) is 13.5. The molecular formula is C12H18N2O2. The predicted octanol–water partition coefficient (Wildman–Crippen LogP) is 1.05. The lowest BCUT2D eigenvalue weighted by atomic mass is 9.94. The molecule has 0 bridgehead atoms. The zero-order valence-electron chi connectivity index (χ0n) is 9.73. The van der Waals surface area contributed by atoms with E-state index in [1.807, 2.05) is 19.9 Å². The van der Waals surface area contributed by atoms with Gasteiger partial charge in [-0.1, -0.05) is 0 Å². The molecule has 1 aliphatic heterocycles. The highest BCUT2D eigenvalue weighted by Crippen LogP contribution is 2.29. The summed E-state index contributed by atoms with van der Waals surface area (Å²) in [7, 11) is 0. The van der Waals surface area contributed by atoms with Crippen LogP contribution in [0.4, 0.5) is 0 Å². The molecule has 0 amide bonds. The molecule has 1 saturated heterocycles. The van der Waals surface area contributed by atoms with Crippen LogP contribution in [0.25, 0.3) is 0 Å². The van der Waals surface area contributed by atoms with E-state index in [1.165, 1.54) is 0 Å². The van der Waals surface area contributed by atoms with Gasteiger partial charge in [0.15, 0.2) is 0 Å². The summed E-state index contributed by atoms with van der Waals surface area (Å²) >= 11 is 0. The van der Waals surface area contributed by atoms with E-state index in [4.69, 9.17) is 4.74 Å². The SMILES string of the molecule is CC(C)Oc1cncc(C2(O)CCNC2)c1. The Morgan fingerprint density at radius 3 is 2.94 bits per heavy atom. The van der Waals surface area contributed by atoms with Gasteiger partial charge in [0.2, 0.25) is 0 Å². The smallest absolute Gasteiger partial charge is 0.138 e. The second kappa shape index (κ2) is 4.39. The summed E-state index contributed by atoms with van der Waals surface area (Å²) in [4.78, 5) is 4.11. The van der Waals surface area contributed by atoms with Crippen LogP contribution in [0.3, 0.4) is 0 Å². The fraction of sp³-hybridized carbons (Fsp3) is 0.583. The van der Waals surface area contributed by atoms with Crippen LogP contribution < -0.4 is 10.1 Å². The van der Waals surface area contributed by atoms with Gasteiger partial charge in [-0.3, -0.25) is 4.98 Å². The van der Waals surface area contributed by atoms with Crippen LogP contribution in [0.2, 0.25) is 0 Å². The van der Waals surface area contributed by atoms with E-state index in [-0.39, 0.29) is 6.10 Å². The molecule has 16 heavy (non-hydrogen) atoms. The minimum absolute atomic E-state index is 0.119. The Hall–Kier alpha value is -1.13. The minimum Gasteiger partial charge on any atom is -0.489 e. The summed E-state index contributed by atoms with van der Waals surface area (Å²) in [6, 6.07) is 1.88. The highest BCUT2D eigenvalue weighted by molar-refractivity contribution is 5.29. The van der Waals surface area contributed by atoms with Crippen LogP contribution in [-0.2, 0) is 5.60 Å². The van der Waals surface area contributed by atoms with E-state index >= 15 is 0 Å². The number of aromatic nitrogens is 1. The summed E-state index contributed by atoms with van der Waals surface area (Å²) in [5.74, 6) is 0.716. The average molecular weight is 222 g/mol. The first-order valence-electron chi connectivity index (χ1n) is 5.65. The number of ether oxygens (including phenoxy) is 1. The van der Waals surface area contributed by atoms with E-state index < -0.39 is 5.60 Å². The Morgan fingerprint density at radius 2 is 2.31 bits per heavy atom. The normalized spacial score (nSPS) is 25.0. The summed E-state index contributed by atoms with van der Waals surface area (Å²) in [6.07, 6.45) is 4.23. The monoisotopic (exact) mass is 222 g/mol. The van der Waals surface area contributed by atoms with Gasteiger partial charge in [-0.05, 0) is 32.9 Å². The third kappa shape index (κ3) is 2.33. The molecule has 0 spiro atoms. The Kier molecular flexibility index (Phi) is 3.12. The first-order valence-corrected chi connectivity index (χ1v) is 5.65. The van der Waals surface area contributed by atoms with Crippen LogP contribution in [0.1, 0.15) is 25.8 Å². The quantitative estimate of drug-likeness (QED) is 0.802. The third-order valence-electron chi connectivity index (χ3n) is 2.76. The second-order valence-electron chi connectivity index (χ2n) is 4.53. The van der Waals surface area contributed by atoms with Crippen molar-refractivity contribution in [3.63, 3.8) is 0 Å². The molecule has 1 atom stereocenters. The second-order valence-corrected chi connectivity index (χ2v) is 4.53. The van der Waals surface area contributed by atoms with Crippen LogP contribution in [0.5, 0.6) is 5.75 Å². The molecule has 0 aliphatic carbocycles. The van der Waals surface area contributed by atoms with Crippen molar-refractivity contribution < 1.29 is 9.84 Å². The first kappa shape index (κ1) is 11.4.